The summed E-state index contributed by atoms with van der Waals surface area (Å²) in [5, 5.41) is 0. The Morgan fingerprint density at radius 1 is 1.32 bits per heavy atom. The summed E-state index contributed by atoms with van der Waals surface area (Å²) in [6, 6.07) is 0.408. The van der Waals surface area contributed by atoms with Gasteiger partial charge in [0.2, 0.25) is 0 Å². The van der Waals surface area contributed by atoms with Gasteiger partial charge >= 0.3 is 0 Å². The normalized spacial score (nSPS) is 26.3. The summed E-state index contributed by atoms with van der Waals surface area (Å²) in [6.07, 6.45) is 8.64. The molecule has 2 aliphatic rings. The van der Waals surface area contributed by atoms with Gasteiger partial charge < -0.3 is 0 Å². The molecule has 2 nitrogen and oxygen atoms in total. The van der Waals surface area contributed by atoms with Gasteiger partial charge in [-0.1, -0.05) is 30.9 Å². The van der Waals surface area contributed by atoms with Crippen molar-refractivity contribution in [2.75, 3.05) is 19.5 Å². The second-order valence-electron chi connectivity index (χ2n) is 5.21. The average molecular weight is 274 g/mol. The molecule has 0 bridgehead atoms. The Bertz CT molecular complexity index is 471. The number of hydrogen-bond acceptors (Lipinski definition) is 3. The van der Waals surface area contributed by atoms with E-state index in [4.69, 9.17) is 0 Å². The van der Waals surface area contributed by atoms with Crippen LogP contribution in [0.15, 0.2) is 52.4 Å². The maximum atomic E-state index is 4.66. The van der Waals surface area contributed by atoms with E-state index in [2.05, 4.69) is 55.2 Å². The third-order valence-electron chi connectivity index (χ3n) is 3.56. The van der Waals surface area contributed by atoms with Crippen LogP contribution in [0.4, 0.5) is 0 Å². The van der Waals surface area contributed by atoms with Crippen molar-refractivity contribution >= 4 is 17.5 Å². The average Bonchev–Trinajstić information content (AvgIpc) is 2.46. The monoisotopic (exact) mass is 274 g/mol. The van der Waals surface area contributed by atoms with Gasteiger partial charge in [-0.25, -0.2) is 0 Å². The van der Waals surface area contributed by atoms with Crippen molar-refractivity contribution in [3.05, 3.63) is 47.4 Å². The molecule has 0 fully saturated rings. The summed E-state index contributed by atoms with van der Waals surface area (Å²) in [5.74, 6) is 0.970. The van der Waals surface area contributed by atoms with E-state index in [1.54, 1.807) is 11.8 Å². The predicted octanol–water partition coefficient (Wildman–Crippen LogP) is 3.80. The van der Waals surface area contributed by atoms with Gasteiger partial charge in [-0.2, -0.15) is 0 Å². The Kier molecular flexibility index (Phi) is 4.83. The number of likely N-dealkylation sites (N-methyl/N-ethyl adjacent to an activating group) is 1. The van der Waals surface area contributed by atoms with Crippen molar-refractivity contribution in [1.29, 1.82) is 0 Å². The molecule has 0 N–H and O–H groups in total. The lowest BCUT2D eigenvalue weighted by Gasteiger charge is -2.22. The minimum absolute atomic E-state index is 0.408. The van der Waals surface area contributed by atoms with Crippen LogP contribution >= 0.6 is 11.8 Å². The standard InChI is InChI=1S/C16H22N2S/c1-12-5-8-16(17-10-12)15-7-6-14(3)19-11-18(4)13(2)9-15/h6-7,9,13H,1,3,5,8,10-11H2,2,4H3/t13-/m1/s1. The summed E-state index contributed by atoms with van der Waals surface area (Å²) in [5.41, 5.74) is 3.70. The summed E-state index contributed by atoms with van der Waals surface area (Å²) in [6.45, 7) is 11.1. The highest BCUT2D eigenvalue weighted by atomic mass is 32.2. The molecule has 3 heteroatoms. The third-order valence-corrected chi connectivity index (χ3v) is 4.60. The molecule has 0 saturated carbocycles. The SMILES string of the molecule is C=C1CCC(C2=C[C@@H](C)N(C)CSC(=C)C=C2)=NC1. The zero-order valence-corrected chi connectivity index (χ0v) is 12.7. The van der Waals surface area contributed by atoms with E-state index in [9.17, 15) is 0 Å². The highest BCUT2D eigenvalue weighted by Crippen LogP contribution is 2.23. The second-order valence-corrected chi connectivity index (χ2v) is 6.28. The first-order valence-electron chi connectivity index (χ1n) is 6.68. The molecule has 0 aromatic heterocycles. The smallest absolute Gasteiger partial charge is 0.0600 e. The van der Waals surface area contributed by atoms with Crippen LogP contribution < -0.4 is 0 Å². The van der Waals surface area contributed by atoms with Crippen LogP contribution in [0.5, 0.6) is 0 Å². The minimum Gasteiger partial charge on any atom is -0.291 e. The van der Waals surface area contributed by atoms with E-state index in [1.165, 1.54) is 16.9 Å². The van der Waals surface area contributed by atoms with E-state index >= 15 is 0 Å². The molecule has 2 rings (SSSR count). The van der Waals surface area contributed by atoms with E-state index < -0.39 is 0 Å². The second kappa shape index (κ2) is 6.40. The summed E-state index contributed by atoms with van der Waals surface area (Å²) in [4.78, 5) is 8.09. The molecule has 2 aliphatic heterocycles. The highest BCUT2D eigenvalue weighted by Gasteiger charge is 2.15. The van der Waals surface area contributed by atoms with E-state index in [1.807, 2.05) is 0 Å². The first kappa shape index (κ1) is 14.4. The molecule has 0 saturated heterocycles. The molecule has 2 heterocycles. The van der Waals surface area contributed by atoms with E-state index in [-0.39, 0.29) is 0 Å². The van der Waals surface area contributed by atoms with Gasteiger partial charge in [-0.05, 0) is 38.5 Å². The van der Waals surface area contributed by atoms with E-state index in [0.29, 0.717) is 6.04 Å². The largest absolute Gasteiger partial charge is 0.291 e. The van der Waals surface area contributed by atoms with Gasteiger partial charge in [0, 0.05) is 22.5 Å². The van der Waals surface area contributed by atoms with Crippen molar-refractivity contribution in [3.63, 3.8) is 0 Å². The van der Waals surface area contributed by atoms with Crippen LogP contribution in [0.3, 0.4) is 0 Å². The van der Waals surface area contributed by atoms with Crippen molar-refractivity contribution in [3.8, 4) is 0 Å². The number of rotatable bonds is 1. The van der Waals surface area contributed by atoms with Gasteiger partial charge in [0.25, 0.3) is 0 Å². The lowest BCUT2D eigenvalue weighted by atomic mass is 9.97. The maximum absolute atomic E-state index is 4.66. The van der Waals surface area contributed by atoms with Crippen LogP contribution in [0, 0.1) is 0 Å². The molecule has 1 atom stereocenters. The molecule has 0 unspecified atom stereocenters. The number of hydrogen-bond donors (Lipinski definition) is 0. The van der Waals surface area contributed by atoms with Crippen LogP contribution in [-0.4, -0.2) is 36.1 Å². The molecule has 0 aromatic carbocycles. The Hall–Kier alpha value is -1.06. The lowest BCUT2D eigenvalue weighted by molar-refractivity contribution is 0.349. The number of aliphatic imine (C=N–C) groups is 1. The first-order valence-corrected chi connectivity index (χ1v) is 7.67. The molecule has 0 radical (unpaired) electrons. The van der Waals surface area contributed by atoms with Gasteiger partial charge in [-0.15, -0.1) is 11.8 Å². The fourth-order valence-corrected chi connectivity index (χ4v) is 2.83. The zero-order valence-electron chi connectivity index (χ0n) is 11.9. The molecular weight excluding hydrogens is 252 g/mol. The first-order chi connectivity index (χ1) is 9.06. The number of allylic oxidation sites excluding steroid dienone is 3. The Labute approximate surface area is 120 Å². The van der Waals surface area contributed by atoms with Crippen molar-refractivity contribution in [1.82, 2.24) is 4.90 Å². The van der Waals surface area contributed by atoms with Crippen LogP contribution in [0.25, 0.3) is 0 Å². The van der Waals surface area contributed by atoms with Crippen LogP contribution in [0.1, 0.15) is 19.8 Å². The van der Waals surface area contributed by atoms with Crippen LogP contribution in [0.2, 0.25) is 0 Å². The van der Waals surface area contributed by atoms with Crippen molar-refractivity contribution in [2.24, 2.45) is 4.99 Å². The predicted molar refractivity (Wildman–Crippen MR) is 86.7 cm³/mol. The van der Waals surface area contributed by atoms with Crippen molar-refractivity contribution in [2.45, 2.75) is 25.8 Å². The molecule has 0 aromatic rings. The van der Waals surface area contributed by atoms with Crippen molar-refractivity contribution < 1.29 is 0 Å². The van der Waals surface area contributed by atoms with Crippen LogP contribution in [-0.2, 0) is 0 Å². The maximum Gasteiger partial charge on any atom is 0.0600 e. The van der Waals surface area contributed by atoms with Gasteiger partial charge in [0.15, 0.2) is 0 Å². The molecule has 102 valence electrons. The summed E-state index contributed by atoms with van der Waals surface area (Å²) in [7, 11) is 2.15. The fraction of sp³-hybridized carbons (Fsp3) is 0.438. The molecular formula is C16H22N2S. The third kappa shape index (κ3) is 3.95. The van der Waals surface area contributed by atoms with Gasteiger partial charge in [0.1, 0.15) is 0 Å². The fourth-order valence-electron chi connectivity index (χ4n) is 2.06. The number of nitrogens with zero attached hydrogens (tertiary/aromatic N) is 2. The molecule has 0 spiro atoms. The Balaban J connectivity index is 2.27. The summed E-state index contributed by atoms with van der Waals surface area (Å²) < 4.78 is 0. The van der Waals surface area contributed by atoms with E-state index in [0.717, 1.165) is 30.2 Å². The lowest BCUT2D eigenvalue weighted by Crippen LogP contribution is -2.27. The summed E-state index contributed by atoms with van der Waals surface area (Å²) >= 11 is 1.78. The molecule has 0 amide bonds. The Morgan fingerprint density at radius 2 is 2.11 bits per heavy atom. The molecule has 19 heavy (non-hydrogen) atoms. The number of thioether (sulfide) groups is 1. The van der Waals surface area contributed by atoms with Gasteiger partial charge in [0.05, 0.1) is 6.54 Å². The Morgan fingerprint density at radius 3 is 2.79 bits per heavy atom. The minimum atomic E-state index is 0.408. The highest BCUT2D eigenvalue weighted by molar-refractivity contribution is 8.03. The zero-order chi connectivity index (χ0) is 13.8. The quantitative estimate of drug-likeness (QED) is 0.676. The van der Waals surface area contributed by atoms with Gasteiger partial charge in [-0.3, -0.25) is 9.89 Å². The molecule has 0 aliphatic carbocycles. The topological polar surface area (TPSA) is 15.6 Å².